The Kier molecular flexibility index (Phi) is 13.7. The van der Waals surface area contributed by atoms with Crippen molar-refractivity contribution in [2.24, 2.45) is 0 Å². The van der Waals surface area contributed by atoms with Crippen molar-refractivity contribution in [3.05, 3.63) is 43.8 Å². The van der Waals surface area contributed by atoms with E-state index >= 15 is 0 Å². The second-order valence-corrected chi connectivity index (χ2v) is 6.27. The van der Waals surface area contributed by atoms with Gasteiger partial charge in [0.25, 0.3) is 0 Å². The maximum atomic E-state index is 11.1. The molecular weight excluding hydrogens is 340 g/mol. The zero-order valence-corrected chi connectivity index (χ0v) is 15.5. The number of nitro groups is 2. The zero-order chi connectivity index (χ0) is 19.8. The summed E-state index contributed by atoms with van der Waals surface area (Å²) in [6.07, 6.45) is 10.5. The van der Waals surface area contributed by atoms with E-state index in [4.69, 9.17) is 5.11 Å². The molecule has 0 rings (SSSR count). The topological polar surface area (TPSA) is 124 Å². The Bertz CT molecular complexity index is 514. The molecule has 0 aromatic rings. The number of carbonyl (C=O) groups is 1. The molecule has 0 aromatic heterocycles. The molecule has 0 aliphatic rings. The Hall–Kier alpha value is -2.25. The van der Waals surface area contributed by atoms with Crippen molar-refractivity contribution >= 4 is 5.97 Å². The SMILES string of the molecule is CCCCC/C(=C\C/C(=C\CCCCCCCC(=O)O)[N+](=O)[O-])[N+](=O)[O-]. The number of unbranched alkanes of at least 4 members (excludes halogenated alkanes) is 7. The standard InChI is InChI=1S/C18H30N2O6/c1-2-3-8-11-16(19(23)24)14-15-17(20(25)26)12-9-6-4-5-7-10-13-18(21)22/h12,14H,2-11,13,15H2,1H3,(H,21,22)/b16-14+,17-12+. The van der Waals surface area contributed by atoms with E-state index in [1.54, 1.807) is 0 Å². The number of allylic oxidation sites excluding steroid dienone is 3. The fourth-order valence-electron chi connectivity index (χ4n) is 2.50. The van der Waals surface area contributed by atoms with Crippen LogP contribution in [0.5, 0.6) is 0 Å². The van der Waals surface area contributed by atoms with Crippen molar-refractivity contribution in [3.63, 3.8) is 0 Å². The molecule has 0 aromatic carbocycles. The summed E-state index contributed by atoms with van der Waals surface area (Å²) in [5.74, 6) is -0.791. The summed E-state index contributed by atoms with van der Waals surface area (Å²) in [5, 5.41) is 30.6. The molecule has 0 heterocycles. The van der Waals surface area contributed by atoms with Gasteiger partial charge in [-0.2, -0.15) is 0 Å². The molecule has 0 fully saturated rings. The third-order valence-corrected chi connectivity index (χ3v) is 4.03. The van der Waals surface area contributed by atoms with Gasteiger partial charge < -0.3 is 5.11 Å². The summed E-state index contributed by atoms with van der Waals surface area (Å²) in [6, 6.07) is 0. The lowest BCUT2D eigenvalue weighted by atomic mass is 10.1. The number of carboxylic acid groups (broad SMARTS) is 1. The predicted octanol–water partition coefficient (Wildman–Crippen LogP) is 5.09. The maximum Gasteiger partial charge on any atom is 0.303 e. The van der Waals surface area contributed by atoms with Gasteiger partial charge in [-0.25, -0.2) is 0 Å². The van der Waals surface area contributed by atoms with Gasteiger partial charge in [0.15, 0.2) is 0 Å². The van der Waals surface area contributed by atoms with Gasteiger partial charge in [0, 0.05) is 12.8 Å². The summed E-state index contributed by atoms with van der Waals surface area (Å²) in [5.41, 5.74) is 0.0374. The molecular formula is C18H30N2O6. The summed E-state index contributed by atoms with van der Waals surface area (Å²) in [4.78, 5) is 31.6. The highest BCUT2D eigenvalue weighted by Gasteiger charge is 2.14. The van der Waals surface area contributed by atoms with Gasteiger partial charge in [-0.1, -0.05) is 39.0 Å². The third kappa shape index (κ3) is 13.1. The monoisotopic (exact) mass is 370 g/mol. The highest BCUT2D eigenvalue weighted by Crippen LogP contribution is 2.15. The molecule has 0 radical (unpaired) electrons. The molecule has 0 aliphatic carbocycles. The number of hydrogen-bond acceptors (Lipinski definition) is 5. The van der Waals surface area contributed by atoms with Crippen LogP contribution in [0.15, 0.2) is 23.5 Å². The lowest BCUT2D eigenvalue weighted by molar-refractivity contribution is -0.432. The molecule has 1 N–H and O–H groups in total. The van der Waals surface area contributed by atoms with Crippen molar-refractivity contribution < 1.29 is 19.7 Å². The van der Waals surface area contributed by atoms with Crippen molar-refractivity contribution in [2.45, 2.75) is 84.0 Å². The highest BCUT2D eigenvalue weighted by atomic mass is 16.6. The second-order valence-electron chi connectivity index (χ2n) is 6.27. The first-order valence-corrected chi connectivity index (χ1v) is 9.27. The minimum Gasteiger partial charge on any atom is -0.481 e. The minimum atomic E-state index is -0.791. The molecule has 0 atom stereocenters. The first kappa shape index (κ1) is 23.8. The van der Waals surface area contributed by atoms with E-state index in [1.807, 2.05) is 6.92 Å². The van der Waals surface area contributed by atoms with Gasteiger partial charge >= 0.3 is 5.97 Å². The molecule has 0 saturated carbocycles. The molecule has 148 valence electrons. The van der Waals surface area contributed by atoms with Crippen LogP contribution in [0.1, 0.15) is 84.0 Å². The van der Waals surface area contributed by atoms with Crippen LogP contribution in [0.4, 0.5) is 0 Å². The van der Waals surface area contributed by atoms with Gasteiger partial charge in [0.2, 0.25) is 11.4 Å². The van der Waals surface area contributed by atoms with E-state index in [0.717, 1.165) is 38.5 Å². The summed E-state index contributed by atoms with van der Waals surface area (Å²) in [6.45, 7) is 2.01. The van der Waals surface area contributed by atoms with Crippen LogP contribution in [-0.4, -0.2) is 20.9 Å². The van der Waals surface area contributed by atoms with Crippen LogP contribution in [-0.2, 0) is 4.79 Å². The van der Waals surface area contributed by atoms with E-state index in [-0.39, 0.29) is 24.2 Å². The Morgan fingerprint density at radius 3 is 2.00 bits per heavy atom. The minimum absolute atomic E-state index is 0.00859. The van der Waals surface area contributed by atoms with Crippen molar-refractivity contribution in [2.75, 3.05) is 0 Å². The molecule has 0 spiro atoms. The Balaban J connectivity index is 4.33. The Morgan fingerprint density at radius 2 is 1.42 bits per heavy atom. The predicted molar refractivity (Wildman–Crippen MR) is 98.9 cm³/mol. The fourth-order valence-corrected chi connectivity index (χ4v) is 2.50. The van der Waals surface area contributed by atoms with Gasteiger partial charge in [-0.15, -0.1) is 0 Å². The maximum absolute atomic E-state index is 11.1. The van der Waals surface area contributed by atoms with E-state index in [9.17, 15) is 25.0 Å². The lowest BCUT2D eigenvalue weighted by Crippen LogP contribution is -2.02. The van der Waals surface area contributed by atoms with E-state index in [2.05, 4.69) is 0 Å². The van der Waals surface area contributed by atoms with Crippen LogP contribution < -0.4 is 0 Å². The van der Waals surface area contributed by atoms with Crippen LogP contribution >= 0.6 is 0 Å². The smallest absolute Gasteiger partial charge is 0.303 e. The number of hydrogen-bond donors (Lipinski definition) is 1. The normalized spacial score (nSPS) is 12.2. The third-order valence-electron chi connectivity index (χ3n) is 4.03. The number of aliphatic carboxylic acids is 1. The average molecular weight is 370 g/mol. The average Bonchev–Trinajstić information content (AvgIpc) is 2.57. The summed E-state index contributed by atoms with van der Waals surface area (Å²) in [7, 11) is 0. The molecule has 0 bridgehead atoms. The zero-order valence-electron chi connectivity index (χ0n) is 15.5. The lowest BCUT2D eigenvalue weighted by Gasteiger charge is -2.00. The molecule has 8 nitrogen and oxygen atoms in total. The summed E-state index contributed by atoms with van der Waals surface area (Å²) < 4.78 is 0. The Labute approximate surface area is 154 Å². The second kappa shape index (κ2) is 15.0. The fraction of sp³-hybridized carbons (Fsp3) is 0.722. The summed E-state index contributed by atoms with van der Waals surface area (Å²) >= 11 is 0. The first-order valence-electron chi connectivity index (χ1n) is 9.27. The first-order chi connectivity index (χ1) is 12.4. The van der Waals surface area contributed by atoms with Crippen LogP contribution in [0.3, 0.4) is 0 Å². The molecule has 8 heteroatoms. The van der Waals surface area contributed by atoms with Gasteiger partial charge in [0.05, 0.1) is 16.3 Å². The quantitative estimate of drug-likeness (QED) is 0.229. The van der Waals surface area contributed by atoms with Gasteiger partial charge in [-0.05, 0) is 37.8 Å². The number of nitrogens with zero attached hydrogens (tertiary/aromatic N) is 2. The molecule has 0 aliphatic heterocycles. The van der Waals surface area contributed by atoms with E-state index < -0.39 is 15.8 Å². The number of carboxylic acids is 1. The molecule has 0 amide bonds. The number of rotatable bonds is 16. The highest BCUT2D eigenvalue weighted by molar-refractivity contribution is 5.66. The van der Waals surface area contributed by atoms with E-state index in [1.165, 1.54) is 12.2 Å². The Morgan fingerprint density at radius 1 is 0.846 bits per heavy atom. The largest absolute Gasteiger partial charge is 0.481 e. The molecule has 0 saturated heterocycles. The van der Waals surface area contributed by atoms with E-state index in [0.29, 0.717) is 25.7 Å². The molecule has 0 unspecified atom stereocenters. The van der Waals surface area contributed by atoms with Gasteiger partial charge in [0.1, 0.15) is 0 Å². The van der Waals surface area contributed by atoms with Gasteiger partial charge in [-0.3, -0.25) is 25.0 Å². The molecule has 26 heavy (non-hydrogen) atoms. The van der Waals surface area contributed by atoms with Crippen LogP contribution in [0, 0.1) is 20.2 Å². The van der Waals surface area contributed by atoms with Crippen LogP contribution in [0.25, 0.3) is 0 Å². The van der Waals surface area contributed by atoms with Crippen molar-refractivity contribution in [1.29, 1.82) is 0 Å². The van der Waals surface area contributed by atoms with Crippen molar-refractivity contribution in [1.82, 2.24) is 0 Å². The van der Waals surface area contributed by atoms with Crippen molar-refractivity contribution in [3.8, 4) is 0 Å². The van der Waals surface area contributed by atoms with Crippen LogP contribution in [0.2, 0.25) is 0 Å².